The monoisotopic (exact) mass is 357 g/mol. The van der Waals surface area contributed by atoms with Gasteiger partial charge in [0.1, 0.15) is 6.10 Å². The Morgan fingerprint density at radius 1 is 1.36 bits per heavy atom. The van der Waals surface area contributed by atoms with Gasteiger partial charge in [-0.2, -0.15) is 18.2 Å². The van der Waals surface area contributed by atoms with E-state index in [0.29, 0.717) is 12.0 Å². The molecule has 1 aromatic carbocycles. The summed E-state index contributed by atoms with van der Waals surface area (Å²) in [4.78, 5) is 15.1. The Labute approximate surface area is 142 Å². The van der Waals surface area contributed by atoms with E-state index in [1.165, 1.54) is 7.11 Å². The summed E-state index contributed by atoms with van der Waals surface area (Å²) < 4.78 is 46.8. The highest BCUT2D eigenvalue weighted by molar-refractivity contribution is 5.80. The third kappa shape index (κ3) is 4.56. The van der Waals surface area contributed by atoms with Crippen LogP contribution in [-0.2, 0) is 28.7 Å². The molecular formula is C16H18F3N3O3. The second kappa shape index (κ2) is 7.64. The van der Waals surface area contributed by atoms with Crippen LogP contribution in [0.25, 0.3) is 11.4 Å². The van der Waals surface area contributed by atoms with Crippen molar-refractivity contribution < 1.29 is 27.2 Å². The van der Waals surface area contributed by atoms with Crippen molar-refractivity contribution in [1.82, 2.24) is 15.5 Å². The minimum absolute atomic E-state index is 0.134. The van der Waals surface area contributed by atoms with Gasteiger partial charge in [-0.1, -0.05) is 24.2 Å². The lowest BCUT2D eigenvalue weighted by Gasteiger charge is -2.13. The van der Waals surface area contributed by atoms with Crippen LogP contribution in [-0.4, -0.2) is 29.3 Å². The molecule has 0 bridgehead atoms. The average molecular weight is 357 g/mol. The number of hydrogen-bond acceptors (Lipinski definition) is 5. The highest BCUT2D eigenvalue weighted by atomic mass is 19.4. The summed E-state index contributed by atoms with van der Waals surface area (Å²) in [6.45, 7) is 3.82. The van der Waals surface area contributed by atoms with E-state index in [9.17, 15) is 18.0 Å². The summed E-state index contributed by atoms with van der Waals surface area (Å²) in [5, 5.41) is 6.12. The molecule has 0 saturated carbocycles. The number of benzene rings is 1. The zero-order chi connectivity index (χ0) is 18.6. The van der Waals surface area contributed by atoms with Gasteiger partial charge in [-0.25, -0.2) is 0 Å². The minimum Gasteiger partial charge on any atom is -0.372 e. The molecule has 1 aromatic heterocycles. The molecule has 1 N–H and O–H groups in total. The fourth-order valence-corrected chi connectivity index (χ4v) is 2.16. The summed E-state index contributed by atoms with van der Waals surface area (Å²) >= 11 is 0. The van der Waals surface area contributed by atoms with Crippen molar-refractivity contribution in [3.63, 3.8) is 0 Å². The number of methoxy groups -OCH3 is 1. The zero-order valence-corrected chi connectivity index (χ0v) is 14.0. The number of alkyl halides is 3. The number of aryl methyl sites for hydroxylation is 1. The Hall–Kier alpha value is -2.42. The third-order valence-electron chi connectivity index (χ3n) is 3.69. The molecule has 9 heteroatoms. The molecule has 0 radical (unpaired) electrons. The van der Waals surface area contributed by atoms with Gasteiger partial charge in [0.25, 0.3) is 0 Å². The fourth-order valence-electron chi connectivity index (χ4n) is 2.16. The number of hydrogen-bond donors (Lipinski definition) is 1. The van der Waals surface area contributed by atoms with Crippen LogP contribution < -0.4 is 5.32 Å². The average Bonchev–Trinajstić information content (AvgIpc) is 3.09. The first-order chi connectivity index (χ1) is 11.8. The second-order valence-corrected chi connectivity index (χ2v) is 5.35. The van der Waals surface area contributed by atoms with Crippen LogP contribution in [0.15, 0.2) is 22.7 Å². The van der Waals surface area contributed by atoms with E-state index >= 15 is 0 Å². The Kier molecular flexibility index (Phi) is 5.78. The van der Waals surface area contributed by atoms with Crippen LogP contribution in [0.1, 0.15) is 30.9 Å². The lowest BCUT2D eigenvalue weighted by atomic mass is 10.0. The maximum atomic E-state index is 12.6. The van der Waals surface area contributed by atoms with Crippen LogP contribution >= 0.6 is 0 Å². The number of carbonyl (C=O) groups excluding carboxylic acids is 1. The smallest absolute Gasteiger partial charge is 0.372 e. The summed E-state index contributed by atoms with van der Waals surface area (Å²) in [6, 6.07) is 4.99. The molecule has 25 heavy (non-hydrogen) atoms. The molecule has 0 aliphatic heterocycles. The summed E-state index contributed by atoms with van der Waals surface area (Å²) in [6.07, 6.45) is -4.62. The molecule has 0 saturated heterocycles. The highest BCUT2D eigenvalue weighted by Crippen LogP contribution is 2.29. The first kappa shape index (κ1) is 18.9. The molecule has 2 rings (SSSR count). The predicted octanol–water partition coefficient (Wildman–Crippen LogP) is 2.97. The van der Waals surface area contributed by atoms with Crippen LogP contribution in [0.3, 0.4) is 0 Å². The number of rotatable bonds is 6. The van der Waals surface area contributed by atoms with Gasteiger partial charge in [-0.05, 0) is 30.5 Å². The second-order valence-electron chi connectivity index (χ2n) is 5.35. The Morgan fingerprint density at radius 2 is 2.08 bits per heavy atom. The van der Waals surface area contributed by atoms with Crippen molar-refractivity contribution in [3.05, 3.63) is 35.2 Å². The van der Waals surface area contributed by atoms with Gasteiger partial charge in [0.05, 0.1) is 0 Å². The normalized spacial score (nSPS) is 12.9. The van der Waals surface area contributed by atoms with Crippen LogP contribution in [0.5, 0.6) is 0 Å². The van der Waals surface area contributed by atoms with Gasteiger partial charge in [0.15, 0.2) is 0 Å². The van der Waals surface area contributed by atoms with Crippen molar-refractivity contribution in [2.75, 3.05) is 7.11 Å². The molecule has 6 nitrogen and oxygen atoms in total. The molecule has 1 unspecified atom stereocenters. The van der Waals surface area contributed by atoms with Crippen LogP contribution in [0, 0.1) is 0 Å². The van der Waals surface area contributed by atoms with E-state index in [-0.39, 0.29) is 18.3 Å². The standard InChI is InChI=1S/C16H18F3N3O3/c1-4-10-7-11(13-21-15(25-22-13)16(17,18)19)5-6-12(10)8-20-14(23)9(2)24-3/h5-7,9H,4,8H2,1-3H3,(H,20,23). The van der Waals surface area contributed by atoms with E-state index in [0.717, 1.165) is 11.1 Å². The SMILES string of the molecule is CCc1cc(-c2noc(C(F)(F)F)n2)ccc1CNC(=O)C(C)OC. The van der Waals surface area contributed by atoms with E-state index < -0.39 is 18.2 Å². The van der Waals surface area contributed by atoms with Crippen molar-refractivity contribution in [2.45, 2.75) is 39.1 Å². The molecular weight excluding hydrogens is 339 g/mol. The number of nitrogens with zero attached hydrogens (tertiary/aromatic N) is 2. The van der Waals surface area contributed by atoms with Gasteiger partial charge in [0.2, 0.25) is 11.7 Å². The number of carbonyl (C=O) groups is 1. The van der Waals surface area contributed by atoms with E-state index in [4.69, 9.17) is 4.74 Å². The number of ether oxygens (including phenoxy) is 1. The van der Waals surface area contributed by atoms with Gasteiger partial charge in [-0.15, -0.1) is 0 Å². The van der Waals surface area contributed by atoms with Crippen molar-refractivity contribution in [1.29, 1.82) is 0 Å². The van der Waals surface area contributed by atoms with Gasteiger partial charge in [0, 0.05) is 19.2 Å². The van der Waals surface area contributed by atoms with Crippen molar-refractivity contribution >= 4 is 5.91 Å². The minimum atomic E-state index is -4.68. The zero-order valence-electron chi connectivity index (χ0n) is 14.0. The molecule has 1 atom stereocenters. The van der Waals surface area contributed by atoms with Gasteiger partial charge in [-0.3, -0.25) is 4.79 Å². The largest absolute Gasteiger partial charge is 0.471 e. The van der Waals surface area contributed by atoms with Crippen molar-refractivity contribution in [2.24, 2.45) is 0 Å². The van der Waals surface area contributed by atoms with E-state index in [1.807, 2.05) is 6.92 Å². The van der Waals surface area contributed by atoms with E-state index in [1.54, 1.807) is 25.1 Å². The van der Waals surface area contributed by atoms with Crippen molar-refractivity contribution in [3.8, 4) is 11.4 Å². The molecule has 1 amide bonds. The highest BCUT2D eigenvalue weighted by Gasteiger charge is 2.38. The summed E-state index contributed by atoms with van der Waals surface area (Å²) in [7, 11) is 1.44. The lowest BCUT2D eigenvalue weighted by molar-refractivity contribution is -0.159. The summed E-state index contributed by atoms with van der Waals surface area (Å²) in [5.74, 6) is -1.77. The number of aromatic nitrogens is 2. The molecule has 2 aromatic rings. The topological polar surface area (TPSA) is 77.3 Å². The molecule has 136 valence electrons. The quantitative estimate of drug-likeness (QED) is 0.860. The molecule has 0 fully saturated rings. The number of halogens is 3. The fraction of sp³-hybridized carbons (Fsp3) is 0.438. The van der Waals surface area contributed by atoms with Gasteiger partial charge >= 0.3 is 12.1 Å². The number of amides is 1. The first-order valence-electron chi connectivity index (χ1n) is 7.59. The Balaban J connectivity index is 2.19. The Bertz CT molecular complexity index is 744. The van der Waals surface area contributed by atoms with E-state index in [2.05, 4.69) is 20.0 Å². The third-order valence-corrected chi connectivity index (χ3v) is 3.69. The molecule has 0 aliphatic rings. The summed E-state index contributed by atoms with van der Waals surface area (Å²) in [5.41, 5.74) is 2.13. The van der Waals surface area contributed by atoms with Gasteiger partial charge < -0.3 is 14.6 Å². The predicted molar refractivity (Wildman–Crippen MR) is 82.4 cm³/mol. The van der Waals surface area contributed by atoms with Crippen LogP contribution in [0.2, 0.25) is 0 Å². The number of nitrogens with one attached hydrogen (secondary N) is 1. The maximum absolute atomic E-state index is 12.6. The molecule has 0 spiro atoms. The molecule has 0 aliphatic carbocycles. The maximum Gasteiger partial charge on any atom is 0.471 e. The first-order valence-corrected chi connectivity index (χ1v) is 7.59. The molecule has 1 heterocycles. The van der Waals surface area contributed by atoms with Crippen LogP contribution in [0.4, 0.5) is 13.2 Å². The Morgan fingerprint density at radius 3 is 2.64 bits per heavy atom. The lowest BCUT2D eigenvalue weighted by Crippen LogP contribution is -2.33.